The summed E-state index contributed by atoms with van der Waals surface area (Å²) in [5, 5.41) is 2.53. The highest BCUT2D eigenvalue weighted by atomic mass is 35.5. The molecule has 0 radical (unpaired) electrons. The van der Waals surface area contributed by atoms with Crippen LogP contribution >= 0.6 is 34.5 Å². The number of hydrogen-bond donors (Lipinski definition) is 1. The van der Waals surface area contributed by atoms with E-state index in [0.717, 1.165) is 5.56 Å². The predicted molar refractivity (Wildman–Crippen MR) is 99.6 cm³/mol. The second-order valence-electron chi connectivity index (χ2n) is 5.04. The Morgan fingerprint density at radius 3 is 2.50 bits per heavy atom. The van der Waals surface area contributed by atoms with E-state index in [1.165, 1.54) is 17.4 Å². The van der Waals surface area contributed by atoms with Gasteiger partial charge in [0.05, 0.1) is 10.7 Å². The molecule has 8 heteroatoms. The first-order valence-electron chi connectivity index (χ1n) is 6.86. The summed E-state index contributed by atoms with van der Waals surface area (Å²) in [4.78, 5) is 4.33. The third-order valence-corrected chi connectivity index (χ3v) is 6.31. The SMILES string of the molecule is Cc1cc(Cl)cc(Cl)c1S(=O)(=O)Nc1nc(-c2ccccc2)cs1. The van der Waals surface area contributed by atoms with Crippen molar-refractivity contribution in [2.45, 2.75) is 11.8 Å². The van der Waals surface area contributed by atoms with Gasteiger partial charge in [-0.25, -0.2) is 13.4 Å². The van der Waals surface area contributed by atoms with Crippen LogP contribution in [0.1, 0.15) is 5.56 Å². The Balaban J connectivity index is 1.93. The van der Waals surface area contributed by atoms with Crippen molar-refractivity contribution >= 4 is 49.7 Å². The number of thiazole rings is 1. The molecule has 4 nitrogen and oxygen atoms in total. The lowest BCUT2D eigenvalue weighted by molar-refractivity contribution is 0.600. The van der Waals surface area contributed by atoms with Crippen LogP contribution in [0.4, 0.5) is 5.13 Å². The molecule has 0 unspecified atom stereocenters. The molecule has 1 heterocycles. The quantitative estimate of drug-likeness (QED) is 0.654. The van der Waals surface area contributed by atoms with Crippen LogP contribution in [0.25, 0.3) is 11.3 Å². The zero-order valence-corrected chi connectivity index (χ0v) is 15.6. The van der Waals surface area contributed by atoms with Crippen molar-refractivity contribution in [1.82, 2.24) is 4.98 Å². The molecular weight excluding hydrogens is 387 g/mol. The number of anilines is 1. The third-order valence-electron chi connectivity index (χ3n) is 3.26. The molecule has 0 saturated heterocycles. The minimum Gasteiger partial charge on any atom is -0.255 e. The molecule has 0 spiro atoms. The van der Waals surface area contributed by atoms with Crippen LogP contribution in [0.2, 0.25) is 10.0 Å². The van der Waals surface area contributed by atoms with Crippen LogP contribution in [0.15, 0.2) is 52.7 Å². The Hall–Kier alpha value is -1.60. The van der Waals surface area contributed by atoms with Gasteiger partial charge in [-0.2, -0.15) is 0 Å². The summed E-state index contributed by atoms with van der Waals surface area (Å²) >= 11 is 13.2. The average molecular weight is 399 g/mol. The van der Waals surface area contributed by atoms with Gasteiger partial charge >= 0.3 is 0 Å². The van der Waals surface area contributed by atoms with Crippen LogP contribution in [0.5, 0.6) is 0 Å². The second-order valence-corrected chi connectivity index (χ2v) is 8.36. The molecule has 24 heavy (non-hydrogen) atoms. The summed E-state index contributed by atoms with van der Waals surface area (Å²) in [6.45, 7) is 1.64. The molecule has 0 atom stereocenters. The van der Waals surface area contributed by atoms with E-state index >= 15 is 0 Å². The van der Waals surface area contributed by atoms with Crippen molar-refractivity contribution in [1.29, 1.82) is 0 Å². The standard InChI is InChI=1S/C16H12Cl2N2O2S2/c1-10-7-12(17)8-13(18)15(10)24(21,22)20-16-19-14(9-23-16)11-5-3-2-4-6-11/h2-9H,1H3,(H,19,20). The smallest absolute Gasteiger partial charge is 0.255 e. The van der Waals surface area contributed by atoms with Crippen molar-refractivity contribution in [2.24, 2.45) is 0 Å². The monoisotopic (exact) mass is 398 g/mol. The van der Waals surface area contributed by atoms with Gasteiger partial charge in [-0.3, -0.25) is 4.72 Å². The van der Waals surface area contributed by atoms with E-state index in [-0.39, 0.29) is 15.0 Å². The highest BCUT2D eigenvalue weighted by molar-refractivity contribution is 7.93. The van der Waals surface area contributed by atoms with Crippen LogP contribution in [-0.2, 0) is 10.0 Å². The van der Waals surface area contributed by atoms with Crippen LogP contribution in [-0.4, -0.2) is 13.4 Å². The zero-order chi connectivity index (χ0) is 17.3. The largest absolute Gasteiger partial charge is 0.265 e. The first-order chi connectivity index (χ1) is 11.4. The molecule has 0 saturated carbocycles. The molecule has 1 N–H and O–H groups in total. The number of aromatic nitrogens is 1. The van der Waals surface area contributed by atoms with E-state index in [1.54, 1.807) is 18.4 Å². The van der Waals surface area contributed by atoms with Crippen molar-refractivity contribution in [2.75, 3.05) is 4.72 Å². The number of aryl methyl sites for hydroxylation is 1. The van der Waals surface area contributed by atoms with Crippen LogP contribution < -0.4 is 4.72 Å². The maximum atomic E-state index is 12.6. The van der Waals surface area contributed by atoms with Gasteiger partial charge < -0.3 is 0 Å². The first-order valence-corrected chi connectivity index (χ1v) is 9.98. The zero-order valence-electron chi connectivity index (χ0n) is 12.5. The maximum absolute atomic E-state index is 12.6. The van der Waals surface area contributed by atoms with E-state index in [1.807, 2.05) is 30.3 Å². The topological polar surface area (TPSA) is 59.1 Å². The average Bonchev–Trinajstić information content (AvgIpc) is 2.94. The highest BCUT2D eigenvalue weighted by Gasteiger charge is 2.22. The molecule has 0 aliphatic carbocycles. The fourth-order valence-electron chi connectivity index (χ4n) is 2.26. The number of benzene rings is 2. The van der Waals surface area contributed by atoms with Gasteiger partial charge in [0.15, 0.2) is 5.13 Å². The van der Waals surface area contributed by atoms with Crippen molar-refractivity contribution in [3.63, 3.8) is 0 Å². The molecule has 3 rings (SSSR count). The fourth-order valence-corrected chi connectivity index (χ4v) is 5.42. The Morgan fingerprint density at radius 2 is 1.83 bits per heavy atom. The molecule has 0 fully saturated rings. The number of rotatable bonds is 4. The predicted octanol–water partition coefficient (Wildman–Crippen LogP) is 5.23. The summed E-state index contributed by atoms with van der Waals surface area (Å²) in [5.74, 6) is 0. The van der Waals surface area contributed by atoms with Gasteiger partial charge in [-0.1, -0.05) is 53.5 Å². The highest BCUT2D eigenvalue weighted by Crippen LogP contribution is 2.32. The number of halogens is 2. The summed E-state index contributed by atoms with van der Waals surface area (Å²) in [6, 6.07) is 12.5. The maximum Gasteiger partial charge on any atom is 0.265 e. The second kappa shape index (κ2) is 6.72. The van der Waals surface area contributed by atoms with E-state index in [0.29, 0.717) is 16.3 Å². The fraction of sp³-hybridized carbons (Fsp3) is 0.0625. The molecule has 1 aromatic heterocycles. The molecule has 3 aromatic rings. The summed E-state index contributed by atoms with van der Waals surface area (Å²) < 4.78 is 27.7. The van der Waals surface area contributed by atoms with E-state index in [2.05, 4.69) is 9.71 Å². The molecule has 0 amide bonds. The third kappa shape index (κ3) is 3.57. The lowest BCUT2D eigenvalue weighted by Crippen LogP contribution is -2.14. The lowest BCUT2D eigenvalue weighted by Gasteiger charge is -2.10. The first kappa shape index (κ1) is 17.2. The van der Waals surface area contributed by atoms with Gasteiger partial charge in [0.1, 0.15) is 4.90 Å². The molecule has 124 valence electrons. The van der Waals surface area contributed by atoms with Crippen molar-refractivity contribution in [3.05, 3.63) is 63.5 Å². The Bertz CT molecular complexity index is 963. The number of nitrogens with zero attached hydrogens (tertiary/aromatic N) is 1. The van der Waals surface area contributed by atoms with E-state index in [9.17, 15) is 8.42 Å². The van der Waals surface area contributed by atoms with Gasteiger partial charge in [0, 0.05) is 16.0 Å². The molecular formula is C16H12Cl2N2O2S2. The summed E-state index contributed by atoms with van der Waals surface area (Å²) in [7, 11) is -3.85. The number of sulfonamides is 1. The van der Waals surface area contributed by atoms with Gasteiger partial charge in [-0.05, 0) is 24.6 Å². The van der Waals surface area contributed by atoms with E-state index in [4.69, 9.17) is 23.2 Å². The van der Waals surface area contributed by atoms with Gasteiger partial charge in [0.2, 0.25) is 0 Å². The molecule has 0 bridgehead atoms. The van der Waals surface area contributed by atoms with Gasteiger partial charge in [-0.15, -0.1) is 11.3 Å². The normalized spacial score (nSPS) is 11.5. The molecule has 2 aromatic carbocycles. The minimum atomic E-state index is -3.85. The number of nitrogens with one attached hydrogen (secondary N) is 1. The Morgan fingerprint density at radius 1 is 1.12 bits per heavy atom. The minimum absolute atomic E-state index is 0.00466. The van der Waals surface area contributed by atoms with Crippen molar-refractivity contribution in [3.8, 4) is 11.3 Å². The van der Waals surface area contributed by atoms with Gasteiger partial charge in [0.25, 0.3) is 10.0 Å². The van der Waals surface area contributed by atoms with Crippen LogP contribution in [0.3, 0.4) is 0 Å². The summed E-state index contributed by atoms with van der Waals surface area (Å²) in [5.41, 5.74) is 2.09. The Labute approximate surface area is 154 Å². The molecule has 0 aliphatic heterocycles. The Kier molecular flexibility index (Phi) is 4.83. The van der Waals surface area contributed by atoms with Crippen molar-refractivity contribution < 1.29 is 8.42 Å². The summed E-state index contributed by atoms with van der Waals surface area (Å²) in [6.07, 6.45) is 0. The number of hydrogen-bond acceptors (Lipinski definition) is 4. The van der Waals surface area contributed by atoms with E-state index < -0.39 is 10.0 Å². The van der Waals surface area contributed by atoms with Crippen LogP contribution in [0, 0.1) is 6.92 Å². The molecule has 0 aliphatic rings. The lowest BCUT2D eigenvalue weighted by atomic mass is 10.2.